The number of aromatic amines is 1. The van der Waals surface area contributed by atoms with Crippen molar-refractivity contribution < 1.29 is 9.59 Å². The summed E-state index contributed by atoms with van der Waals surface area (Å²) in [7, 11) is 0. The predicted octanol–water partition coefficient (Wildman–Crippen LogP) is 2.36. The van der Waals surface area contributed by atoms with Crippen molar-refractivity contribution in [2.24, 2.45) is 11.7 Å². The summed E-state index contributed by atoms with van der Waals surface area (Å²) in [6, 6.07) is 8.02. The molecule has 23 heavy (non-hydrogen) atoms. The maximum absolute atomic E-state index is 12.3. The maximum atomic E-state index is 12.3. The van der Waals surface area contributed by atoms with Gasteiger partial charge in [-0.05, 0) is 24.1 Å². The highest BCUT2D eigenvalue weighted by molar-refractivity contribution is 6.30. The Balaban J connectivity index is 2.14. The summed E-state index contributed by atoms with van der Waals surface area (Å²) in [6.45, 7) is 3.80. The first-order valence-electron chi connectivity index (χ1n) is 7.34. The van der Waals surface area contributed by atoms with Gasteiger partial charge in [-0.25, -0.2) is 0 Å². The second kappa shape index (κ2) is 7.28. The van der Waals surface area contributed by atoms with Crippen LogP contribution in [0, 0.1) is 5.92 Å². The first-order chi connectivity index (χ1) is 10.9. The smallest absolute Gasteiger partial charge is 0.269 e. The normalized spacial score (nSPS) is 13.3. The number of nitrogens with zero attached hydrogens (tertiary/aromatic N) is 1. The molecule has 0 spiro atoms. The fourth-order valence-electron chi connectivity index (χ4n) is 2.16. The Morgan fingerprint density at radius 1 is 1.35 bits per heavy atom. The summed E-state index contributed by atoms with van der Waals surface area (Å²) < 4.78 is 0. The van der Waals surface area contributed by atoms with Gasteiger partial charge in [0.15, 0.2) is 0 Å². The van der Waals surface area contributed by atoms with Crippen molar-refractivity contribution >= 4 is 23.4 Å². The Bertz CT molecular complexity index is 696. The highest BCUT2D eigenvalue weighted by Crippen LogP contribution is 2.20. The van der Waals surface area contributed by atoms with Crippen molar-refractivity contribution in [3.8, 4) is 11.3 Å². The number of benzene rings is 1. The van der Waals surface area contributed by atoms with Crippen LogP contribution >= 0.6 is 11.6 Å². The van der Waals surface area contributed by atoms with E-state index >= 15 is 0 Å². The Kier molecular flexibility index (Phi) is 5.39. The van der Waals surface area contributed by atoms with Crippen molar-refractivity contribution in [3.05, 3.63) is 41.0 Å². The summed E-state index contributed by atoms with van der Waals surface area (Å²) in [4.78, 5) is 23.8. The molecule has 2 aromatic rings. The predicted molar refractivity (Wildman–Crippen MR) is 88.9 cm³/mol. The minimum absolute atomic E-state index is 0.0462. The van der Waals surface area contributed by atoms with Gasteiger partial charge in [0, 0.05) is 10.6 Å². The summed E-state index contributed by atoms with van der Waals surface area (Å²) in [5, 5.41) is 10.1. The minimum Gasteiger partial charge on any atom is -0.368 e. The Morgan fingerprint density at radius 2 is 2.00 bits per heavy atom. The third-order valence-corrected chi connectivity index (χ3v) is 4.02. The van der Waals surface area contributed by atoms with E-state index in [1.807, 2.05) is 26.0 Å². The van der Waals surface area contributed by atoms with Crippen LogP contribution in [-0.2, 0) is 4.79 Å². The molecule has 0 aliphatic rings. The number of rotatable bonds is 6. The molecule has 0 fully saturated rings. The van der Waals surface area contributed by atoms with E-state index in [-0.39, 0.29) is 11.6 Å². The van der Waals surface area contributed by atoms with E-state index in [0.29, 0.717) is 10.7 Å². The van der Waals surface area contributed by atoms with Gasteiger partial charge in [-0.2, -0.15) is 5.10 Å². The quantitative estimate of drug-likeness (QED) is 0.755. The van der Waals surface area contributed by atoms with Crippen molar-refractivity contribution in [3.63, 3.8) is 0 Å². The molecule has 0 saturated heterocycles. The van der Waals surface area contributed by atoms with E-state index in [2.05, 4.69) is 15.5 Å². The van der Waals surface area contributed by atoms with Crippen molar-refractivity contribution in [1.82, 2.24) is 15.5 Å². The number of hydrogen-bond acceptors (Lipinski definition) is 3. The number of amides is 2. The number of primary amides is 1. The van der Waals surface area contributed by atoms with Gasteiger partial charge in [0.2, 0.25) is 5.91 Å². The lowest BCUT2D eigenvalue weighted by Gasteiger charge is -2.20. The van der Waals surface area contributed by atoms with Gasteiger partial charge in [-0.1, -0.05) is 44.0 Å². The maximum Gasteiger partial charge on any atom is 0.269 e. The molecule has 2 rings (SSSR count). The van der Waals surface area contributed by atoms with E-state index in [0.717, 1.165) is 12.0 Å². The Labute approximate surface area is 139 Å². The summed E-state index contributed by atoms with van der Waals surface area (Å²) in [5.74, 6) is -1.01. The first-order valence-corrected chi connectivity index (χ1v) is 7.71. The van der Waals surface area contributed by atoms with Crippen LogP contribution in [0.25, 0.3) is 11.3 Å². The largest absolute Gasteiger partial charge is 0.368 e. The minimum atomic E-state index is -0.713. The molecule has 4 N–H and O–H groups in total. The van der Waals surface area contributed by atoms with Gasteiger partial charge in [0.05, 0.1) is 5.69 Å². The molecule has 7 heteroatoms. The van der Waals surface area contributed by atoms with Gasteiger partial charge in [-0.15, -0.1) is 0 Å². The third kappa shape index (κ3) is 4.10. The molecule has 0 aliphatic carbocycles. The van der Waals surface area contributed by atoms with Crippen molar-refractivity contribution in [1.29, 1.82) is 0 Å². The number of halogens is 1. The van der Waals surface area contributed by atoms with Crippen LogP contribution in [0.15, 0.2) is 30.3 Å². The standard InChI is InChI=1S/C16H19ClN4O2/c1-3-9(2)14(15(18)22)19-16(23)13-8-12(20-21-13)10-4-6-11(17)7-5-10/h4-9,14H,3H2,1-2H3,(H2,18,22)(H,19,23)(H,20,21). The summed E-state index contributed by atoms with van der Waals surface area (Å²) >= 11 is 5.85. The van der Waals surface area contributed by atoms with Gasteiger partial charge in [-0.3, -0.25) is 14.7 Å². The van der Waals surface area contributed by atoms with E-state index in [1.54, 1.807) is 18.2 Å². The lowest BCUT2D eigenvalue weighted by atomic mass is 9.98. The van der Waals surface area contributed by atoms with Gasteiger partial charge in [0.25, 0.3) is 5.91 Å². The number of nitrogens with two attached hydrogens (primary N) is 1. The zero-order chi connectivity index (χ0) is 17.0. The molecule has 0 saturated carbocycles. The average Bonchev–Trinajstić information content (AvgIpc) is 3.02. The fraction of sp³-hybridized carbons (Fsp3) is 0.312. The van der Waals surface area contributed by atoms with Crippen molar-refractivity contribution in [2.45, 2.75) is 26.3 Å². The van der Waals surface area contributed by atoms with E-state index in [1.165, 1.54) is 0 Å². The summed E-state index contributed by atoms with van der Waals surface area (Å²) in [6.07, 6.45) is 0.729. The number of carbonyl (C=O) groups excluding carboxylic acids is 2. The topological polar surface area (TPSA) is 101 Å². The molecule has 0 radical (unpaired) electrons. The van der Waals surface area contributed by atoms with Crippen LogP contribution in [0.5, 0.6) is 0 Å². The second-order valence-corrected chi connectivity index (χ2v) is 5.85. The number of nitrogens with one attached hydrogen (secondary N) is 2. The van der Waals surface area contributed by atoms with Crippen LogP contribution < -0.4 is 11.1 Å². The molecule has 2 amide bonds. The molecule has 122 valence electrons. The SMILES string of the molecule is CCC(C)C(NC(=O)c1cc(-c2ccc(Cl)cc2)n[nH]1)C(N)=O. The van der Waals surface area contributed by atoms with Gasteiger partial charge < -0.3 is 11.1 Å². The molecule has 6 nitrogen and oxygen atoms in total. The van der Waals surface area contributed by atoms with Crippen LogP contribution in [0.4, 0.5) is 0 Å². The van der Waals surface area contributed by atoms with Crippen LogP contribution in [-0.4, -0.2) is 28.1 Å². The Hall–Kier alpha value is -2.34. The number of aromatic nitrogens is 2. The van der Waals surface area contributed by atoms with Crippen LogP contribution in [0.3, 0.4) is 0 Å². The van der Waals surface area contributed by atoms with E-state index < -0.39 is 17.9 Å². The average molecular weight is 335 g/mol. The number of carbonyl (C=O) groups is 2. The molecule has 2 unspecified atom stereocenters. The molecular formula is C16H19ClN4O2. The zero-order valence-electron chi connectivity index (χ0n) is 13.0. The van der Waals surface area contributed by atoms with E-state index in [4.69, 9.17) is 17.3 Å². The molecule has 0 bridgehead atoms. The number of hydrogen-bond donors (Lipinski definition) is 3. The van der Waals surface area contributed by atoms with Crippen LogP contribution in [0.2, 0.25) is 5.02 Å². The molecule has 1 aromatic carbocycles. The van der Waals surface area contributed by atoms with E-state index in [9.17, 15) is 9.59 Å². The Morgan fingerprint density at radius 3 is 2.57 bits per heavy atom. The highest BCUT2D eigenvalue weighted by atomic mass is 35.5. The molecular weight excluding hydrogens is 316 g/mol. The van der Waals surface area contributed by atoms with Crippen LogP contribution in [0.1, 0.15) is 30.8 Å². The molecule has 2 atom stereocenters. The molecule has 1 aromatic heterocycles. The summed E-state index contributed by atoms with van der Waals surface area (Å²) in [5.41, 5.74) is 7.07. The number of H-pyrrole nitrogens is 1. The molecule has 0 aliphatic heterocycles. The monoisotopic (exact) mass is 334 g/mol. The van der Waals surface area contributed by atoms with Crippen molar-refractivity contribution in [2.75, 3.05) is 0 Å². The second-order valence-electron chi connectivity index (χ2n) is 5.41. The van der Waals surface area contributed by atoms with Gasteiger partial charge in [0.1, 0.15) is 11.7 Å². The lowest BCUT2D eigenvalue weighted by Crippen LogP contribution is -2.48. The molecule has 1 heterocycles. The fourth-order valence-corrected chi connectivity index (χ4v) is 2.28. The van der Waals surface area contributed by atoms with Gasteiger partial charge >= 0.3 is 0 Å². The third-order valence-electron chi connectivity index (χ3n) is 3.77. The highest BCUT2D eigenvalue weighted by Gasteiger charge is 2.24. The first kappa shape index (κ1) is 17.0. The zero-order valence-corrected chi connectivity index (χ0v) is 13.7. The lowest BCUT2D eigenvalue weighted by molar-refractivity contribution is -0.120.